The zero-order valence-electron chi connectivity index (χ0n) is 26.3. The standard InChI is InChI=1S/C33H66N2.HNO3/c1-3-5-7-9-11-13-15-16-17-18-19-20-22-24-26-28-30-35-32-31-34(33-35)29-27-25-23-21-14-12-10-8-6-4-2;2-1(3)4/h31-32H,3-30,33H2,1-2H3;(H,2,3,4). The molecule has 0 fully saturated rings. The average molecular weight is 554 g/mol. The maximum Gasteiger partial charge on any atom is 0.291 e. The van der Waals surface area contributed by atoms with Gasteiger partial charge in [0.2, 0.25) is 0 Å². The van der Waals surface area contributed by atoms with Crippen molar-refractivity contribution >= 4 is 0 Å². The van der Waals surface area contributed by atoms with Crippen molar-refractivity contribution < 1.29 is 10.3 Å². The molecule has 0 aromatic rings. The lowest BCUT2D eigenvalue weighted by molar-refractivity contribution is -0.742. The highest BCUT2D eigenvalue weighted by Gasteiger charge is 2.11. The molecule has 0 radical (unpaired) electrons. The molecule has 0 saturated carbocycles. The minimum atomic E-state index is -1.50. The third-order valence-corrected chi connectivity index (χ3v) is 7.95. The van der Waals surface area contributed by atoms with Crippen molar-refractivity contribution in [3.8, 4) is 0 Å². The van der Waals surface area contributed by atoms with Crippen LogP contribution in [0.25, 0.3) is 0 Å². The molecule has 0 saturated heterocycles. The van der Waals surface area contributed by atoms with Crippen molar-refractivity contribution in [2.75, 3.05) is 19.8 Å². The number of hydrogen-bond donors (Lipinski definition) is 1. The van der Waals surface area contributed by atoms with Gasteiger partial charge in [0.1, 0.15) is 0 Å². The van der Waals surface area contributed by atoms with Crippen LogP contribution in [0.2, 0.25) is 0 Å². The molecule has 232 valence electrons. The van der Waals surface area contributed by atoms with Crippen molar-refractivity contribution in [2.24, 2.45) is 0 Å². The molecule has 1 aliphatic rings. The minimum absolute atomic E-state index is 1.14. The molecule has 0 aromatic heterocycles. The van der Waals surface area contributed by atoms with Gasteiger partial charge in [-0.3, -0.25) is 0 Å². The van der Waals surface area contributed by atoms with E-state index in [9.17, 15) is 0 Å². The fourth-order valence-electron chi connectivity index (χ4n) is 5.47. The first-order valence-electron chi connectivity index (χ1n) is 17.1. The number of rotatable bonds is 28. The molecule has 0 aromatic carbocycles. The molecular formula is C33H67N3O3. The zero-order chi connectivity index (χ0) is 28.7. The van der Waals surface area contributed by atoms with Crippen LogP contribution in [0.4, 0.5) is 0 Å². The van der Waals surface area contributed by atoms with Gasteiger partial charge in [-0.2, -0.15) is 0 Å². The van der Waals surface area contributed by atoms with Crippen molar-refractivity contribution in [2.45, 2.75) is 181 Å². The van der Waals surface area contributed by atoms with E-state index in [1.165, 1.54) is 180 Å². The predicted molar refractivity (Wildman–Crippen MR) is 168 cm³/mol. The summed E-state index contributed by atoms with van der Waals surface area (Å²) in [6, 6.07) is 0. The van der Waals surface area contributed by atoms with Gasteiger partial charge in [-0.05, 0) is 12.8 Å². The summed E-state index contributed by atoms with van der Waals surface area (Å²) in [7, 11) is 0. The van der Waals surface area contributed by atoms with Gasteiger partial charge in [-0.25, -0.2) is 0 Å². The molecular weight excluding hydrogens is 486 g/mol. The third kappa shape index (κ3) is 30.9. The van der Waals surface area contributed by atoms with E-state index < -0.39 is 5.09 Å². The number of unbranched alkanes of at least 4 members (excludes halogenated alkanes) is 24. The van der Waals surface area contributed by atoms with Crippen LogP contribution < -0.4 is 0 Å². The van der Waals surface area contributed by atoms with Crippen LogP contribution in [0.3, 0.4) is 0 Å². The minimum Gasteiger partial charge on any atom is -0.359 e. The smallest absolute Gasteiger partial charge is 0.291 e. The van der Waals surface area contributed by atoms with Crippen LogP contribution in [0.15, 0.2) is 12.4 Å². The lowest BCUT2D eigenvalue weighted by Gasteiger charge is -2.21. The molecule has 0 spiro atoms. The summed E-state index contributed by atoms with van der Waals surface area (Å²) < 4.78 is 0. The van der Waals surface area contributed by atoms with E-state index in [4.69, 9.17) is 15.3 Å². The van der Waals surface area contributed by atoms with Crippen LogP contribution >= 0.6 is 0 Å². The highest BCUT2D eigenvalue weighted by molar-refractivity contribution is 4.90. The Bertz CT molecular complexity index is 526. The van der Waals surface area contributed by atoms with E-state index in [1.807, 2.05) is 0 Å². The fourth-order valence-corrected chi connectivity index (χ4v) is 5.47. The topological polar surface area (TPSA) is 69.9 Å². The Balaban J connectivity index is 0.00000336. The first-order valence-corrected chi connectivity index (χ1v) is 17.1. The Morgan fingerprint density at radius 3 is 0.949 bits per heavy atom. The van der Waals surface area contributed by atoms with Crippen molar-refractivity contribution in [1.29, 1.82) is 0 Å². The maximum absolute atomic E-state index is 8.36. The summed E-state index contributed by atoms with van der Waals surface area (Å²) in [5.74, 6) is 0. The number of hydrogen-bond acceptors (Lipinski definition) is 4. The van der Waals surface area contributed by atoms with Gasteiger partial charge in [-0.15, -0.1) is 10.1 Å². The SMILES string of the molecule is CCCCCCCCCCCCCCCCCCN1C=CN(CCCCCCCCCCCC)C1.O=[N+]([O-])O. The number of nitrogens with zero attached hydrogens (tertiary/aromatic N) is 3. The molecule has 0 aliphatic carbocycles. The van der Waals surface area contributed by atoms with Gasteiger partial charge in [0.25, 0.3) is 5.09 Å². The zero-order valence-corrected chi connectivity index (χ0v) is 26.3. The Hall–Kier alpha value is -1.46. The van der Waals surface area contributed by atoms with Gasteiger partial charge < -0.3 is 15.0 Å². The molecule has 1 N–H and O–H groups in total. The largest absolute Gasteiger partial charge is 0.359 e. The highest BCUT2D eigenvalue weighted by atomic mass is 16.9. The third-order valence-electron chi connectivity index (χ3n) is 7.95. The maximum atomic E-state index is 8.36. The molecule has 0 atom stereocenters. The lowest BCUT2D eigenvalue weighted by atomic mass is 10.0. The molecule has 6 nitrogen and oxygen atoms in total. The molecule has 0 bridgehead atoms. The lowest BCUT2D eigenvalue weighted by Crippen LogP contribution is -2.26. The average Bonchev–Trinajstić information content (AvgIpc) is 3.36. The van der Waals surface area contributed by atoms with Crippen LogP contribution in [0.1, 0.15) is 181 Å². The van der Waals surface area contributed by atoms with Crippen LogP contribution in [0.5, 0.6) is 0 Å². The van der Waals surface area contributed by atoms with E-state index in [-0.39, 0.29) is 0 Å². The molecule has 1 rings (SSSR count). The molecule has 6 heteroatoms. The van der Waals surface area contributed by atoms with Crippen LogP contribution in [-0.2, 0) is 0 Å². The van der Waals surface area contributed by atoms with E-state index in [0.717, 1.165) is 6.67 Å². The van der Waals surface area contributed by atoms with E-state index in [1.54, 1.807) is 0 Å². The second-order valence-corrected chi connectivity index (χ2v) is 11.8. The van der Waals surface area contributed by atoms with Gasteiger partial charge in [0, 0.05) is 25.5 Å². The second-order valence-electron chi connectivity index (χ2n) is 11.8. The van der Waals surface area contributed by atoms with Gasteiger partial charge >= 0.3 is 0 Å². The monoisotopic (exact) mass is 554 g/mol. The van der Waals surface area contributed by atoms with Gasteiger partial charge in [0.05, 0.1) is 6.67 Å². The van der Waals surface area contributed by atoms with Crippen molar-refractivity contribution in [3.63, 3.8) is 0 Å². The van der Waals surface area contributed by atoms with Crippen LogP contribution in [0, 0.1) is 10.1 Å². The van der Waals surface area contributed by atoms with E-state index in [0.29, 0.717) is 0 Å². The second kappa shape index (κ2) is 31.1. The summed E-state index contributed by atoms with van der Waals surface area (Å²) in [5.41, 5.74) is 0. The van der Waals surface area contributed by atoms with Crippen LogP contribution in [-0.4, -0.2) is 39.9 Å². The summed E-state index contributed by atoms with van der Waals surface area (Å²) in [5, 5.41) is 13.6. The normalized spacial score (nSPS) is 12.7. The highest BCUT2D eigenvalue weighted by Crippen LogP contribution is 2.15. The Labute approximate surface area is 243 Å². The Morgan fingerprint density at radius 2 is 0.718 bits per heavy atom. The van der Waals surface area contributed by atoms with Gasteiger partial charge in [0.15, 0.2) is 0 Å². The predicted octanol–water partition coefficient (Wildman–Crippen LogP) is 10.9. The van der Waals surface area contributed by atoms with E-state index >= 15 is 0 Å². The quantitative estimate of drug-likeness (QED) is 0.0592. The summed E-state index contributed by atoms with van der Waals surface area (Å²) >= 11 is 0. The Kier molecular flexibility index (Phi) is 29.9. The summed E-state index contributed by atoms with van der Waals surface area (Å²) in [6.07, 6.45) is 42.2. The molecule has 1 aliphatic heterocycles. The molecule has 1 heterocycles. The van der Waals surface area contributed by atoms with Crippen molar-refractivity contribution in [3.05, 3.63) is 22.5 Å². The first kappa shape index (κ1) is 37.5. The molecule has 39 heavy (non-hydrogen) atoms. The van der Waals surface area contributed by atoms with Gasteiger partial charge in [-0.1, -0.05) is 168 Å². The Morgan fingerprint density at radius 1 is 0.513 bits per heavy atom. The fraction of sp³-hybridized carbons (Fsp3) is 0.939. The summed E-state index contributed by atoms with van der Waals surface area (Å²) in [6.45, 7) is 8.25. The summed E-state index contributed by atoms with van der Waals surface area (Å²) in [4.78, 5) is 13.4. The molecule has 0 unspecified atom stereocenters. The molecule has 0 amide bonds. The van der Waals surface area contributed by atoms with E-state index in [2.05, 4.69) is 36.0 Å². The first-order chi connectivity index (χ1) is 19.1. The van der Waals surface area contributed by atoms with Crippen molar-refractivity contribution in [1.82, 2.24) is 9.80 Å².